The molecule has 0 radical (unpaired) electrons. The van der Waals surface area contributed by atoms with Gasteiger partial charge in [0, 0.05) is 18.2 Å². The van der Waals surface area contributed by atoms with Crippen LogP contribution in [0.4, 0.5) is 24.7 Å². The number of hydrogen-bond acceptors (Lipinski definition) is 5. The van der Waals surface area contributed by atoms with E-state index in [9.17, 15) is 23.1 Å². The third-order valence-electron chi connectivity index (χ3n) is 5.08. The zero-order chi connectivity index (χ0) is 22.2. The van der Waals surface area contributed by atoms with Crippen LogP contribution < -0.4 is 15.4 Å². The van der Waals surface area contributed by atoms with Gasteiger partial charge in [0.1, 0.15) is 22.9 Å². The molecule has 1 aliphatic heterocycles. The quantitative estimate of drug-likeness (QED) is 0.565. The monoisotopic (exact) mass is 432 g/mol. The number of nitrogens with zero attached hydrogens (tertiary/aromatic N) is 2. The molecule has 0 saturated heterocycles. The highest BCUT2D eigenvalue weighted by Crippen LogP contribution is 2.44. The lowest BCUT2D eigenvalue weighted by Gasteiger charge is -2.34. The molecular weight excluding hydrogens is 413 g/mol. The zero-order valence-corrected chi connectivity index (χ0v) is 16.3. The highest BCUT2D eigenvalue weighted by atomic mass is 19.4. The Morgan fingerprint density at radius 2 is 2.03 bits per heavy atom. The van der Waals surface area contributed by atoms with E-state index in [-0.39, 0.29) is 23.6 Å². The number of anilines is 2. The van der Waals surface area contributed by atoms with Gasteiger partial charge in [-0.1, -0.05) is 18.2 Å². The molecule has 0 aliphatic carbocycles. The normalized spacial score (nSPS) is 18.1. The fourth-order valence-corrected chi connectivity index (χ4v) is 3.59. The van der Waals surface area contributed by atoms with Crippen LogP contribution in [0.15, 0.2) is 54.7 Å². The van der Waals surface area contributed by atoms with Crippen LogP contribution in [-0.4, -0.2) is 34.1 Å². The van der Waals surface area contributed by atoms with E-state index in [1.807, 2.05) is 0 Å². The van der Waals surface area contributed by atoms with Gasteiger partial charge >= 0.3 is 6.18 Å². The number of phenols is 1. The van der Waals surface area contributed by atoms with Gasteiger partial charge in [0.2, 0.25) is 0 Å². The Kier molecular flexibility index (Phi) is 5.22. The molecule has 1 aromatic heterocycles. The van der Waals surface area contributed by atoms with Gasteiger partial charge < -0.3 is 20.5 Å². The molecule has 10 heteroatoms. The van der Waals surface area contributed by atoms with Crippen molar-refractivity contribution in [3.8, 4) is 11.5 Å². The maximum atomic E-state index is 13.8. The molecular formula is C21H19F3N4O3. The molecule has 2 unspecified atom stereocenters. The van der Waals surface area contributed by atoms with Crippen LogP contribution >= 0.6 is 0 Å². The van der Waals surface area contributed by atoms with Gasteiger partial charge in [0.25, 0.3) is 5.91 Å². The molecule has 2 aromatic carbocycles. The van der Waals surface area contributed by atoms with Crippen LogP contribution in [0, 0.1) is 0 Å². The Bertz CT molecular complexity index is 1110. The summed E-state index contributed by atoms with van der Waals surface area (Å²) in [5.74, 6) is -0.211. The number of aromatic hydroxyl groups is 1. The predicted octanol–water partition coefficient (Wildman–Crippen LogP) is 4.51. The van der Waals surface area contributed by atoms with Gasteiger partial charge in [-0.25, -0.2) is 4.68 Å². The Morgan fingerprint density at radius 1 is 1.26 bits per heavy atom. The summed E-state index contributed by atoms with van der Waals surface area (Å²) in [6.07, 6.45) is -3.74. The molecule has 31 heavy (non-hydrogen) atoms. The molecule has 0 saturated carbocycles. The Hall–Kier alpha value is -3.69. The molecule has 0 fully saturated rings. The number of fused-ring (bicyclic) bond motifs is 1. The van der Waals surface area contributed by atoms with Crippen molar-refractivity contribution in [1.29, 1.82) is 0 Å². The van der Waals surface area contributed by atoms with Gasteiger partial charge in [0.05, 0.1) is 19.3 Å². The van der Waals surface area contributed by atoms with Crippen molar-refractivity contribution < 1.29 is 27.8 Å². The predicted molar refractivity (Wildman–Crippen MR) is 107 cm³/mol. The second-order valence-electron chi connectivity index (χ2n) is 7.12. The highest BCUT2D eigenvalue weighted by Gasteiger charge is 2.47. The lowest BCUT2D eigenvalue weighted by molar-refractivity contribution is -0.173. The Balaban J connectivity index is 1.70. The number of carbonyl (C=O) groups excluding carboxylic acids is 1. The molecule has 4 rings (SSSR count). The maximum absolute atomic E-state index is 13.8. The molecule has 0 bridgehead atoms. The molecule has 1 aliphatic rings. The number of halogens is 3. The van der Waals surface area contributed by atoms with Crippen molar-refractivity contribution in [2.45, 2.75) is 24.7 Å². The molecule has 3 N–H and O–H groups in total. The standard InChI is InChI=1S/C21H19F3N4O3/c1-31-15-7-2-4-12(8-15)17-10-18(21(22,23)24)28-19(27-17)16(11-25-28)20(30)26-13-5-3-6-14(29)9-13/h2-9,11,17-18,27,29H,10H2,1H3,(H,26,30). The SMILES string of the molecule is COc1cccc(C2CC(C(F)(F)F)n3ncc(C(=O)Nc4cccc(O)c4)c3N2)c1. The number of rotatable bonds is 4. The average molecular weight is 432 g/mol. The fourth-order valence-electron chi connectivity index (χ4n) is 3.59. The van der Waals surface area contributed by atoms with E-state index in [0.29, 0.717) is 17.0 Å². The van der Waals surface area contributed by atoms with Crippen molar-refractivity contribution in [1.82, 2.24) is 9.78 Å². The third-order valence-corrected chi connectivity index (χ3v) is 5.08. The smallest absolute Gasteiger partial charge is 0.410 e. The number of hydrogen-bond donors (Lipinski definition) is 3. The number of benzene rings is 2. The average Bonchev–Trinajstić information content (AvgIpc) is 3.16. The number of alkyl halides is 3. The summed E-state index contributed by atoms with van der Waals surface area (Å²) in [7, 11) is 1.48. The van der Waals surface area contributed by atoms with Crippen molar-refractivity contribution in [2.75, 3.05) is 17.7 Å². The minimum atomic E-state index is -4.56. The minimum absolute atomic E-state index is 0.0287. The topological polar surface area (TPSA) is 88.4 Å². The first-order valence-electron chi connectivity index (χ1n) is 9.41. The Labute approximate surface area is 175 Å². The number of methoxy groups -OCH3 is 1. The van der Waals surface area contributed by atoms with Gasteiger partial charge in [-0.2, -0.15) is 18.3 Å². The van der Waals surface area contributed by atoms with Crippen molar-refractivity contribution >= 4 is 17.4 Å². The minimum Gasteiger partial charge on any atom is -0.508 e. The van der Waals surface area contributed by atoms with Gasteiger partial charge in [0.15, 0.2) is 6.04 Å². The number of ether oxygens (including phenoxy) is 1. The summed E-state index contributed by atoms with van der Waals surface area (Å²) in [4.78, 5) is 12.8. The molecule has 2 heterocycles. The molecule has 7 nitrogen and oxygen atoms in total. The fraction of sp³-hybridized carbons (Fsp3) is 0.238. The van der Waals surface area contributed by atoms with Crippen LogP contribution in [0.5, 0.6) is 11.5 Å². The highest BCUT2D eigenvalue weighted by molar-refractivity contribution is 6.07. The van der Waals surface area contributed by atoms with Crippen LogP contribution in [0.3, 0.4) is 0 Å². The van der Waals surface area contributed by atoms with Crippen LogP contribution in [-0.2, 0) is 0 Å². The van der Waals surface area contributed by atoms with Crippen molar-refractivity contribution in [3.05, 3.63) is 65.9 Å². The second kappa shape index (κ2) is 7.86. The van der Waals surface area contributed by atoms with E-state index >= 15 is 0 Å². The van der Waals surface area contributed by atoms with Crippen molar-refractivity contribution in [3.63, 3.8) is 0 Å². The van der Waals surface area contributed by atoms with Crippen LogP contribution in [0.25, 0.3) is 0 Å². The number of amides is 1. The molecule has 162 valence electrons. The van der Waals surface area contributed by atoms with Crippen LogP contribution in [0.1, 0.15) is 34.4 Å². The number of carbonyl (C=O) groups is 1. The lowest BCUT2D eigenvalue weighted by Crippen LogP contribution is -2.36. The summed E-state index contributed by atoms with van der Waals surface area (Å²) >= 11 is 0. The zero-order valence-electron chi connectivity index (χ0n) is 16.3. The van der Waals surface area contributed by atoms with E-state index in [1.165, 1.54) is 25.3 Å². The molecule has 0 spiro atoms. The van der Waals surface area contributed by atoms with Gasteiger partial charge in [-0.3, -0.25) is 4.79 Å². The summed E-state index contributed by atoms with van der Waals surface area (Å²) in [5.41, 5.74) is 0.864. The molecule has 2 atom stereocenters. The molecule has 1 amide bonds. The van der Waals surface area contributed by atoms with E-state index in [2.05, 4.69) is 15.7 Å². The number of phenolic OH excluding ortho intramolecular Hbond substituents is 1. The first-order chi connectivity index (χ1) is 14.8. The van der Waals surface area contributed by atoms with E-state index in [4.69, 9.17) is 4.74 Å². The summed E-state index contributed by atoms with van der Waals surface area (Å²) < 4.78 is 47.4. The van der Waals surface area contributed by atoms with Gasteiger partial charge in [-0.05, 0) is 29.8 Å². The van der Waals surface area contributed by atoms with Crippen molar-refractivity contribution in [2.24, 2.45) is 0 Å². The molecule has 3 aromatic rings. The second-order valence-corrected chi connectivity index (χ2v) is 7.12. The summed E-state index contributed by atoms with van der Waals surface area (Å²) in [6, 6.07) is 10.0. The largest absolute Gasteiger partial charge is 0.508 e. The summed E-state index contributed by atoms with van der Waals surface area (Å²) in [6.45, 7) is 0. The lowest BCUT2D eigenvalue weighted by atomic mass is 9.96. The third kappa shape index (κ3) is 4.14. The maximum Gasteiger partial charge on any atom is 0.410 e. The first-order valence-corrected chi connectivity index (χ1v) is 9.41. The Morgan fingerprint density at radius 3 is 2.74 bits per heavy atom. The van der Waals surface area contributed by atoms with Crippen LogP contribution in [0.2, 0.25) is 0 Å². The number of nitrogens with one attached hydrogen (secondary N) is 2. The van der Waals surface area contributed by atoms with E-state index in [1.54, 1.807) is 30.3 Å². The van der Waals surface area contributed by atoms with Gasteiger partial charge in [-0.15, -0.1) is 0 Å². The van der Waals surface area contributed by atoms with E-state index < -0.39 is 24.2 Å². The van der Waals surface area contributed by atoms with E-state index in [0.717, 1.165) is 10.9 Å². The summed E-state index contributed by atoms with van der Waals surface area (Å²) in [5, 5.41) is 19.0. The number of aromatic nitrogens is 2. The first kappa shape index (κ1) is 20.6.